The monoisotopic (exact) mass is 278 g/mol. The average molecular weight is 279 g/mol. The number of aliphatic hydroxyl groups is 1. The molecule has 1 aliphatic carbocycles. The molecule has 0 aliphatic heterocycles. The SMILES string of the molecule is O[C@@H]1C[C@@H](c2ccc(Cl)cc2)c2cc(Cl)ccc21. The third kappa shape index (κ3) is 2.03. The maximum absolute atomic E-state index is 10.1. The van der Waals surface area contributed by atoms with Crippen molar-refractivity contribution < 1.29 is 5.11 Å². The first-order valence-electron chi connectivity index (χ1n) is 5.88. The number of benzene rings is 2. The summed E-state index contributed by atoms with van der Waals surface area (Å²) in [6.45, 7) is 0. The Morgan fingerprint density at radius 2 is 1.56 bits per heavy atom. The molecule has 0 aromatic heterocycles. The van der Waals surface area contributed by atoms with Crippen molar-refractivity contribution in [3.8, 4) is 0 Å². The fourth-order valence-corrected chi connectivity index (χ4v) is 2.95. The number of rotatable bonds is 1. The Bertz CT molecular complexity index is 578. The van der Waals surface area contributed by atoms with Crippen molar-refractivity contribution in [2.75, 3.05) is 0 Å². The van der Waals surface area contributed by atoms with Gasteiger partial charge in [0, 0.05) is 16.0 Å². The summed E-state index contributed by atoms with van der Waals surface area (Å²) in [4.78, 5) is 0. The van der Waals surface area contributed by atoms with E-state index in [1.165, 1.54) is 5.56 Å². The lowest BCUT2D eigenvalue weighted by molar-refractivity contribution is 0.176. The van der Waals surface area contributed by atoms with Gasteiger partial charge in [0.25, 0.3) is 0 Å². The largest absolute Gasteiger partial charge is 0.388 e. The van der Waals surface area contributed by atoms with Gasteiger partial charge in [-0.15, -0.1) is 0 Å². The van der Waals surface area contributed by atoms with E-state index in [1.54, 1.807) is 0 Å². The molecule has 0 heterocycles. The van der Waals surface area contributed by atoms with Crippen LogP contribution in [0.25, 0.3) is 0 Å². The average Bonchev–Trinajstić information content (AvgIpc) is 2.67. The van der Waals surface area contributed by atoms with E-state index in [0.29, 0.717) is 11.4 Å². The standard InChI is InChI=1S/C15H12Cl2O/c16-10-3-1-9(2-4-10)13-8-15(18)12-6-5-11(17)7-14(12)13/h1-7,13,15,18H,8H2/t13-,15+/m0/s1. The van der Waals surface area contributed by atoms with Crippen molar-refractivity contribution in [3.05, 3.63) is 69.2 Å². The lowest BCUT2D eigenvalue weighted by Crippen LogP contribution is -1.96. The van der Waals surface area contributed by atoms with E-state index in [1.807, 2.05) is 42.5 Å². The summed E-state index contributed by atoms with van der Waals surface area (Å²) in [5, 5.41) is 11.5. The Balaban J connectivity index is 2.06. The van der Waals surface area contributed by atoms with Crippen LogP contribution in [0.3, 0.4) is 0 Å². The highest BCUT2D eigenvalue weighted by Crippen LogP contribution is 2.44. The van der Waals surface area contributed by atoms with E-state index in [0.717, 1.165) is 16.1 Å². The molecule has 1 nitrogen and oxygen atoms in total. The maximum Gasteiger partial charge on any atom is 0.0802 e. The highest BCUT2D eigenvalue weighted by Gasteiger charge is 2.30. The van der Waals surface area contributed by atoms with Gasteiger partial charge in [0.1, 0.15) is 0 Å². The predicted molar refractivity (Wildman–Crippen MR) is 74.3 cm³/mol. The first-order chi connectivity index (χ1) is 8.65. The van der Waals surface area contributed by atoms with Gasteiger partial charge in [-0.05, 0) is 47.4 Å². The van der Waals surface area contributed by atoms with Crippen molar-refractivity contribution in [1.82, 2.24) is 0 Å². The van der Waals surface area contributed by atoms with Gasteiger partial charge in [-0.1, -0.05) is 41.4 Å². The van der Waals surface area contributed by atoms with E-state index >= 15 is 0 Å². The molecule has 0 amide bonds. The van der Waals surface area contributed by atoms with Crippen LogP contribution in [0.15, 0.2) is 42.5 Å². The Morgan fingerprint density at radius 3 is 2.28 bits per heavy atom. The molecule has 0 spiro atoms. The van der Waals surface area contributed by atoms with Gasteiger partial charge >= 0.3 is 0 Å². The Kier molecular flexibility index (Phi) is 3.06. The highest BCUT2D eigenvalue weighted by atomic mass is 35.5. The van der Waals surface area contributed by atoms with Gasteiger partial charge in [-0.3, -0.25) is 0 Å². The first kappa shape index (κ1) is 12.0. The third-order valence-electron chi connectivity index (χ3n) is 3.51. The zero-order valence-corrected chi connectivity index (χ0v) is 11.1. The summed E-state index contributed by atoms with van der Waals surface area (Å²) in [6, 6.07) is 13.5. The van der Waals surface area contributed by atoms with Gasteiger partial charge in [0.2, 0.25) is 0 Å². The van der Waals surface area contributed by atoms with Crippen LogP contribution in [-0.4, -0.2) is 5.11 Å². The molecular formula is C15H12Cl2O. The Labute approximate surface area is 116 Å². The summed E-state index contributed by atoms with van der Waals surface area (Å²) in [6.07, 6.45) is 0.301. The van der Waals surface area contributed by atoms with Crippen molar-refractivity contribution in [1.29, 1.82) is 0 Å². The van der Waals surface area contributed by atoms with Crippen LogP contribution in [-0.2, 0) is 0 Å². The second-order valence-electron chi connectivity index (χ2n) is 4.63. The van der Waals surface area contributed by atoms with Crippen LogP contribution in [0.1, 0.15) is 35.1 Å². The zero-order valence-electron chi connectivity index (χ0n) is 9.61. The minimum atomic E-state index is -0.405. The van der Waals surface area contributed by atoms with Gasteiger partial charge < -0.3 is 5.11 Å². The summed E-state index contributed by atoms with van der Waals surface area (Å²) in [5.74, 6) is 0.200. The quantitative estimate of drug-likeness (QED) is 0.811. The van der Waals surface area contributed by atoms with Gasteiger partial charge in [0.15, 0.2) is 0 Å². The molecule has 0 unspecified atom stereocenters. The van der Waals surface area contributed by atoms with E-state index in [9.17, 15) is 5.11 Å². The third-order valence-corrected chi connectivity index (χ3v) is 4.00. The van der Waals surface area contributed by atoms with Crippen LogP contribution in [0.4, 0.5) is 0 Å². The molecule has 2 aromatic rings. The molecule has 0 radical (unpaired) electrons. The molecule has 92 valence electrons. The molecule has 0 saturated carbocycles. The van der Waals surface area contributed by atoms with Crippen molar-refractivity contribution in [3.63, 3.8) is 0 Å². The maximum atomic E-state index is 10.1. The highest BCUT2D eigenvalue weighted by molar-refractivity contribution is 6.30. The number of aliphatic hydroxyl groups excluding tert-OH is 1. The number of hydrogen-bond donors (Lipinski definition) is 1. The van der Waals surface area contributed by atoms with Crippen molar-refractivity contribution >= 4 is 23.2 Å². The fraction of sp³-hybridized carbons (Fsp3) is 0.200. The topological polar surface area (TPSA) is 20.2 Å². The molecule has 1 N–H and O–H groups in total. The van der Waals surface area contributed by atoms with E-state index in [-0.39, 0.29) is 5.92 Å². The molecule has 3 rings (SSSR count). The van der Waals surface area contributed by atoms with Crippen molar-refractivity contribution in [2.24, 2.45) is 0 Å². The van der Waals surface area contributed by atoms with E-state index in [4.69, 9.17) is 23.2 Å². The number of fused-ring (bicyclic) bond motifs is 1. The first-order valence-corrected chi connectivity index (χ1v) is 6.63. The van der Waals surface area contributed by atoms with Gasteiger partial charge in [-0.25, -0.2) is 0 Å². The normalized spacial score (nSPS) is 21.9. The van der Waals surface area contributed by atoms with E-state index in [2.05, 4.69) is 0 Å². The molecule has 0 saturated heterocycles. The van der Waals surface area contributed by atoms with Crippen LogP contribution in [0.2, 0.25) is 10.0 Å². The molecule has 2 atom stereocenters. The lowest BCUT2D eigenvalue weighted by atomic mass is 9.93. The summed E-state index contributed by atoms with van der Waals surface area (Å²) < 4.78 is 0. The second-order valence-corrected chi connectivity index (χ2v) is 5.50. The van der Waals surface area contributed by atoms with Crippen LogP contribution in [0, 0.1) is 0 Å². The Morgan fingerprint density at radius 1 is 0.889 bits per heavy atom. The summed E-state index contributed by atoms with van der Waals surface area (Å²) in [5.41, 5.74) is 3.27. The van der Waals surface area contributed by atoms with E-state index < -0.39 is 6.10 Å². The molecule has 3 heteroatoms. The molecule has 0 fully saturated rings. The molecule has 1 aliphatic rings. The van der Waals surface area contributed by atoms with Gasteiger partial charge in [-0.2, -0.15) is 0 Å². The number of halogens is 2. The fourth-order valence-electron chi connectivity index (χ4n) is 2.64. The minimum absolute atomic E-state index is 0.200. The van der Waals surface area contributed by atoms with Crippen LogP contribution < -0.4 is 0 Å². The lowest BCUT2D eigenvalue weighted by Gasteiger charge is -2.12. The molecular weight excluding hydrogens is 267 g/mol. The second kappa shape index (κ2) is 4.58. The molecule has 2 aromatic carbocycles. The molecule has 0 bridgehead atoms. The minimum Gasteiger partial charge on any atom is -0.388 e. The zero-order chi connectivity index (χ0) is 12.7. The van der Waals surface area contributed by atoms with Gasteiger partial charge in [0.05, 0.1) is 6.10 Å². The summed E-state index contributed by atoms with van der Waals surface area (Å²) in [7, 11) is 0. The Hall–Kier alpha value is -1.02. The van der Waals surface area contributed by atoms with Crippen molar-refractivity contribution in [2.45, 2.75) is 18.4 Å². The smallest absolute Gasteiger partial charge is 0.0802 e. The summed E-state index contributed by atoms with van der Waals surface area (Å²) >= 11 is 11.9. The van der Waals surface area contributed by atoms with Crippen LogP contribution >= 0.6 is 23.2 Å². The van der Waals surface area contributed by atoms with Crippen LogP contribution in [0.5, 0.6) is 0 Å². The number of hydrogen-bond acceptors (Lipinski definition) is 1. The molecule has 18 heavy (non-hydrogen) atoms. The predicted octanol–water partition coefficient (Wildman–Crippen LogP) is 4.56.